The van der Waals surface area contributed by atoms with Crippen LogP contribution in [-0.2, 0) is 9.59 Å². The molecule has 4 aliphatic rings. The number of carbonyl (C=O) groups is 2. The van der Waals surface area contributed by atoms with Crippen LogP contribution in [0.25, 0.3) is 0 Å². The van der Waals surface area contributed by atoms with Gasteiger partial charge in [0.2, 0.25) is 0 Å². The van der Waals surface area contributed by atoms with Crippen LogP contribution in [0.5, 0.6) is 0 Å². The third kappa shape index (κ3) is 1.97. The highest BCUT2D eigenvalue weighted by Gasteiger charge is 2.61. The summed E-state index contributed by atoms with van der Waals surface area (Å²) in [6, 6.07) is 0. The van der Waals surface area contributed by atoms with Crippen molar-refractivity contribution in [2.45, 2.75) is 64.7 Å². The molecule has 6 atom stereocenters. The molecule has 0 aromatic rings. The second kappa shape index (κ2) is 5.58. The Hall–Kier alpha value is -1.36. The number of ketones is 2. The van der Waals surface area contributed by atoms with Crippen LogP contribution in [0.2, 0.25) is 0 Å². The van der Waals surface area contributed by atoms with Gasteiger partial charge >= 0.3 is 0 Å². The Morgan fingerprint density at radius 3 is 2.79 bits per heavy atom. The summed E-state index contributed by atoms with van der Waals surface area (Å²) in [5, 5.41) is 0. The van der Waals surface area contributed by atoms with E-state index in [1.54, 1.807) is 6.08 Å². The normalized spacial score (nSPS) is 46.8. The summed E-state index contributed by atoms with van der Waals surface area (Å²) in [5.74, 6) is 5.87. The van der Waals surface area contributed by atoms with E-state index in [2.05, 4.69) is 18.9 Å². The van der Waals surface area contributed by atoms with Crippen molar-refractivity contribution in [2.75, 3.05) is 0 Å². The van der Waals surface area contributed by atoms with Gasteiger partial charge in [0.1, 0.15) is 5.78 Å². The van der Waals surface area contributed by atoms with E-state index in [0.717, 1.165) is 44.9 Å². The Bertz CT molecular complexity index is 639. The Balaban J connectivity index is 1.74. The maximum Gasteiger partial charge on any atom is 0.155 e. The Labute approximate surface area is 145 Å². The molecule has 4 rings (SSSR count). The molecule has 24 heavy (non-hydrogen) atoms. The van der Waals surface area contributed by atoms with E-state index in [1.807, 2.05) is 0 Å². The predicted molar refractivity (Wildman–Crippen MR) is 94.0 cm³/mol. The van der Waals surface area contributed by atoms with Crippen LogP contribution >= 0.6 is 0 Å². The summed E-state index contributed by atoms with van der Waals surface area (Å²) in [7, 11) is 0. The van der Waals surface area contributed by atoms with Crippen molar-refractivity contribution in [1.29, 1.82) is 0 Å². The number of fused-ring (bicyclic) bond motifs is 5. The van der Waals surface area contributed by atoms with Gasteiger partial charge in [-0.1, -0.05) is 13.0 Å². The quantitative estimate of drug-likeness (QED) is 0.708. The highest BCUT2D eigenvalue weighted by Crippen LogP contribution is 2.66. The fraction of sp³-hybridized carbons (Fsp3) is 0.727. The average Bonchev–Trinajstić information content (AvgIpc) is 2.93. The third-order valence-corrected chi connectivity index (χ3v) is 8.25. The summed E-state index contributed by atoms with van der Waals surface area (Å²) in [4.78, 5) is 24.6. The summed E-state index contributed by atoms with van der Waals surface area (Å²) < 4.78 is 0. The number of Topliss-reactive ketones (excluding diaryl/α,β-unsaturated/α-hetero) is 1. The second-order valence-corrected chi connectivity index (χ2v) is 8.66. The van der Waals surface area contributed by atoms with Gasteiger partial charge in [-0.2, -0.15) is 0 Å². The minimum absolute atomic E-state index is 0.0110. The topological polar surface area (TPSA) is 34.1 Å². The van der Waals surface area contributed by atoms with Crippen LogP contribution in [-0.4, -0.2) is 11.6 Å². The van der Waals surface area contributed by atoms with Gasteiger partial charge in [0.25, 0.3) is 0 Å². The molecule has 3 fully saturated rings. The lowest BCUT2D eigenvalue weighted by Gasteiger charge is -2.59. The number of terminal acetylenes is 1. The monoisotopic (exact) mass is 324 g/mol. The molecule has 2 nitrogen and oxygen atoms in total. The Morgan fingerprint density at radius 2 is 2.04 bits per heavy atom. The van der Waals surface area contributed by atoms with Gasteiger partial charge in [0, 0.05) is 30.1 Å². The zero-order valence-electron chi connectivity index (χ0n) is 14.7. The number of rotatable bonds is 2. The minimum Gasteiger partial charge on any atom is -0.299 e. The largest absolute Gasteiger partial charge is 0.299 e. The predicted octanol–water partition coefficient (Wildman–Crippen LogP) is 4.34. The van der Waals surface area contributed by atoms with E-state index in [4.69, 9.17) is 6.42 Å². The SMILES string of the molecule is C#CC[C@]12C=CC(=O)C[C@@H]1CC[C@H]1[C@@H]3CCC(=O)[C@@]3(CC)CC[C@@H]12. The van der Waals surface area contributed by atoms with Crippen molar-refractivity contribution in [2.24, 2.45) is 34.5 Å². The molecule has 128 valence electrons. The summed E-state index contributed by atoms with van der Waals surface area (Å²) in [6.45, 7) is 2.21. The van der Waals surface area contributed by atoms with Crippen LogP contribution in [0, 0.1) is 46.8 Å². The second-order valence-electron chi connectivity index (χ2n) is 8.66. The van der Waals surface area contributed by atoms with E-state index in [9.17, 15) is 9.59 Å². The molecule has 0 spiro atoms. The molecule has 4 aliphatic carbocycles. The first-order valence-corrected chi connectivity index (χ1v) is 9.76. The minimum atomic E-state index is -0.0421. The average molecular weight is 324 g/mol. The maximum atomic E-state index is 12.7. The third-order valence-electron chi connectivity index (χ3n) is 8.25. The van der Waals surface area contributed by atoms with Crippen LogP contribution in [0.3, 0.4) is 0 Å². The van der Waals surface area contributed by atoms with Gasteiger partial charge in [-0.25, -0.2) is 0 Å². The number of carbonyl (C=O) groups excluding carboxylic acids is 2. The Morgan fingerprint density at radius 1 is 1.21 bits per heavy atom. The summed E-state index contributed by atoms with van der Waals surface area (Å²) in [6.07, 6.45) is 18.5. The fourth-order valence-electron chi connectivity index (χ4n) is 7.17. The van der Waals surface area contributed by atoms with Crippen LogP contribution in [0.1, 0.15) is 64.7 Å². The first kappa shape index (κ1) is 16.1. The number of hydrogen-bond acceptors (Lipinski definition) is 2. The molecular weight excluding hydrogens is 296 g/mol. The van der Waals surface area contributed by atoms with Crippen molar-refractivity contribution >= 4 is 11.6 Å². The van der Waals surface area contributed by atoms with Gasteiger partial charge in [-0.15, -0.1) is 12.3 Å². The van der Waals surface area contributed by atoms with Gasteiger partial charge in [-0.3, -0.25) is 9.59 Å². The van der Waals surface area contributed by atoms with Gasteiger partial charge in [0.15, 0.2) is 5.78 Å². The summed E-state index contributed by atoms with van der Waals surface area (Å²) in [5.41, 5.74) is -0.0311. The van der Waals surface area contributed by atoms with E-state index >= 15 is 0 Å². The van der Waals surface area contributed by atoms with E-state index in [-0.39, 0.29) is 16.6 Å². The van der Waals surface area contributed by atoms with Crippen LogP contribution in [0.4, 0.5) is 0 Å². The first-order valence-electron chi connectivity index (χ1n) is 9.76. The first-order chi connectivity index (χ1) is 11.6. The van der Waals surface area contributed by atoms with Crippen LogP contribution in [0.15, 0.2) is 12.2 Å². The molecule has 0 aliphatic heterocycles. The number of allylic oxidation sites excluding steroid dienone is 2. The fourth-order valence-corrected chi connectivity index (χ4v) is 7.17. The molecule has 0 heterocycles. The zero-order valence-corrected chi connectivity index (χ0v) is 14.7. The Kier molecular flexibility index (Phi) is 3.75. The molecule has 0 aromatic heterocycles. The molecule has 0 unspecified atom stereocenters. The maximum absolute atomic E-state index is 12.7. The van der Waals surface area contributed by atoms with Crippen molar-refractivity contribution in [3.05, 3.63) is 12.2 Å². The van der Waals surface area contributed by atoms with Crippen LogP contribution < -0.4 is 0 Å². The molecule has 0 aromatic carbocycles. The molecule has 2 heteroatoms. The van der Waals surface area contributed by atoms with E-state index in [1.165, 1.54) is 6.42 Å². The molecule has 0 bridgehead atoms. The highest BCUT2D eigenvalue weighted by molar-refractivity contribution is 5.91. The summed E-state index contributed by atoms with van der Waals surface area (Å²) >= 11 is 0. The smallest absolute Gasteiger partial charge is 0.155 e. The van der Waals surface area contributed by atoms with E-state index < -0.39 is 0 Å². The molecule has 3 saturated carbocycles. The molecule has 0 radical (unpaired) electrons. The lowest BCUT2D eigenvalue weighted by molar-refractivity contribution is -0.138. The lowest BCUT2D eigenvalue weighted by Crippen LogP contribution is -2.54. The highest BCUT2D eigenvalue weighted by atomic mass is 16.1. The molecular formula is C22H28O2. The van der Waals surface area contributed by atoms with Gasteiger partial charge in [-0.05, 0) is 68.3 Å². The standard InChI is InChI=1S/C22H28O2/c1-3-11-22-12-9-16(23)14-15(22)5-6-17-18-7-8-20(24)21(18,4-2)13-10-19(17)22/h1,9,12,15,17-19H,4-8,10-11,13-14H2,2H3/t15-,17-,18-,19-,21-,22-/m0/s1. The molecule has 0 saturated heterocycles. The van der Waals surface area contributed by atoms with Crippen molar-refractivity contribution in [1.82, 2.24) is 0 Å². The van der Waals surface area contributed by atoms with Crippen molar-refractivity contribution in [3.8, 4) is 12.3 Å². The lowest BCUT2D eigenvalue weighted by atomic mass is 9.45. The van der Waals surface area contributed by atoms with Gasteiger partial charge in [0.05, 0.1) is 0 Å². The van der Waals surface area contributed by atoms with Crippen molar-refractivity contribution in [3.63, 3.8) is 0 Å². The number of hydrogen-bond donors (Lipinski definition) is 0. The van der Waals surface area contributed by atoms with Gasteiger partial charge < -0.3 is 0 Å². The zero-order chi connectivity index (χ0) is 16.9. The molecule has 0 amide bonds. The van der Waals surface area contributed by atoms with Crippen molar-refractivity contribution < 1.29 is 9.59 Å². The molecule has 0 N–H and O–H groups in total. The van der Waals surface area contributed by atoms with E-state index in [0.29, 0.717) is 35.9 Å².